The van der Waals surface area contributed by atoms with Crippen molar-refractivity contribution in [2.24, 2.45) is 0 Å². The number of rotatable bonds is 11. The highest BCUT2D eigenvalue weighted by molar-refractivity contribution is 5.62. The van der Waals surface area contributed by atoms with Crippen LogP contribution in [0.5, 0.6) is 0 Å². The molecule has 0 bridgehead atoms. The van der Waals surface area contributed by atoms with Crippen LogP contribution in [0.25, 0.3) is 5.57 Å². The van der Waals surface area contributed by atoms with Crippen LogP contribution in [-0.2, 0) is 4.74 Å². The molecule has 0 spiro atoms. The molecule has 0 atom stereocenters. The zero-order chi connectivity index (χ0) is 14.5. The number of benzene rings is 1. The van der Waals surface area contributed by atoms with Gasteiger partial charge in [0.2, 0.25) is 0 Å². The minimum atomic E-state index is 0.846. The normalized spacial score (nSPS) is 11.6. The molecule has 0 heterocycles. The summed E-state index contributed by atoms with van der Waals surface area (Å²) in [6, 6.07) is 10.4. The maximum atomic E-state index is 5.63. The summed E-state index contributed by atoms with van der Waals surface area (Å²) in [5, 5.41) is 0. The van der Waals surface area contributed by atoms with E-state index in [2.05, 4.69) is 38.1 Å². The quantitative estimate of drug-likeness (QED) is 0.344. The lowest BCUT2D eigenvalue weighted by Crippen LogP contribution is -1.89. The number of hydrogen-bond acceptors (Lipinski definition) is 1. The van der Waals surface area contributed by atoms with Crippen LogP contribution in [0.15, 0.2) is 36.6 Å². The summed E-state index contributed by atoms with van der Waals surface area (Å²) in [5.41, 5.74) is 2.44. The maximum Gasteiger partial charge on any atom is 0.0873 e. The van der Waals surface area contributed by atoms with Crippen molar-refractivity contribution in [1.82, 2.24) is 0 Å². The summed E-state index contributed by atoms with van der Waals surface area (Å²) in [6.45, 7) is 5.21. The van der Waals surface area contributed by atoms with Crippen LogP contribution in [0.3, 0.4) is 0 Å². The molecule has 0 amide bonds. The van der Waals surface area contributed by atoms with Crippen LogP contribution >= 0.6 is 0 Å². The first-order valence-electron chi connectivity index (χ1n) is 8.18. The van der Waals surface area contributed by atoms with E-state index < -0.39 is 0 Å². The van der Waals surface area contributed by atoms with Crippen molar-refractivity contribution >= 4 is 5.57 Å². The second-order valence-corrected chi connectivity index (χ2v) is 5.51. The number of unbranched alkanes of at least 4 members (excludes halogenated alkanes) is 7. The highest BCUT2D eigenvalue weighted by Gasteiger charge is 1.94. The van der Waals surface area contributed by atoms with E-state index in [1.165, 1.54) is 62.5 Å². The summed E-state index contributed by atoms with van der Waals surface area (Å²) in [7, 11) is 0. The Morgan fingerprint density at radius 3 is 2.15 bits per heavy atom. The van der Waals surface area contributed by atoms with E-state index in [1.54, 1.807) is 0 Å². The lowest BCUT2D eigenvalue weighted by molar-refractivity contribution is 0.241. The van der Waals surface area contributed by atoms with Crippen LogP contribution in [0.4, 0.5) is 0 Å². The summed E-state index contributed by atoms with van der Waals surface area (Å²) in [6.07, 6.45) is 12.7. The Labute approximate surface area is 125 Å². The fourth-order valence-electron chi connectivity index (χ4n) is 2.27. The van der Waals surface area contributed by atoms with Gasteiger partial charge in [0.1, 0.15) is 0 Å². The molecule has 1 aromatic rings. The molecule has 0 unspecified atom stereocenters. The van der Waals surface area contributed by atoms with E-state index in [0.717, 1.165) is 6.61 Å². The van der Waals surface area contributed by atoms with Crippen molar-refractivity contribution in [3.8, 4) is 0 Å². The van der Waals surface area contributed by atoms with Gasteiger partial charge in [-0.2, -0.15) is 0 Å². The van der Waals surface area contributed by atoms with Crippen LogP contribution in [0, 0.1) is 0 Å². The number of hydrogen-bond donors (Lipinski definition) is 0. The average molecular weight is 274 g/mol. The Balaban J connectivity index is 1.99. The zero-order valence-corrected chi connectivity index (χ0v) is 13.2. The largest absolute Gasteiger partial charge is 0.501 e. The maximum absolute atomic E-state index is 5.63. The lowest BCUT2D eigenvalue weighted by atomic mass is 10.1. The van der Waals surface area contributed by atoms with Crippen molar-refractivity contribution < 1.29 is 4.74 Å². The Morgan fingerprint density at radius 1 is 0.900 bits per heavy atom. The SMILES string of the molecule is CCCCCCCCCCO/C=C(\C)c1ccccc1. The molecule has 0 N–H and O–H groups in total. The van der Waals surface area contributed by atoms with Crippen LogP contribution in [-0.4, -0.2) is 6.61 Å². The summed E-state index contributed by atoms with van der Waals surface area (Å²) in [4.78, 5) is 0. The highest BCUT2D eigenvalue weighted by Crippen LogP contribution is 2.13. The van der Waals surface area contributed by atoms with E-state index in [4.69, 9.17) is 4.74 Å². The fourth-order valence-corrected chi connectivity index (χ4v) is 2.27. The molecule has 1 aromatic carbocycles. The van der Waals surface area contributed by atoms with E-state index in [9.17, 15) is 0 Å². The Hall–Kier alpha value is -1.24. The van der Waals surface area contributed by atoms with E-state index >= 15 is 0 Å². The minimum absolute atomic E-state index is 0.846. The van der Waals surface area contributed by atoms with Gasteiger partial charge in [-0.25, -0.2) is 0 Å². The fraction of sp³-hybridized carbons (Fsp3) is 0.579. The lowest BCUT2D eigenvalue weighted by Gasteiger charge is -2.04. The van der Waals surface area contributed by atoms with Crippen molar-refractivity contribution in [1.29, 1.82) is 0 Å². The predicted octanol–water partition coefficient (Wildman–Crippen LogP) is 6.20. The first kappa shape index (κ1) is 16.8. The molecule has 0 saturated carbocycles. The minimum Gasteiger partial charge on any atom is -0.501 e. The summed E-state index contributed by atoms with van der Waals surface area (Å²) < 4.78 is 5.63. The zero-order valence-electron chi connectivity index (χ0n) is 13.2. The van der Waals surface area contributed by atoms with Crippen molar-refractivity contribution in [3.05, 3.63) is 42.2 Å². The van der Waals surface area contributed by atoms with Crippen molar-refractivity contribution in [2.45, 2.75) is 65.2 Å². The second-order valence-electron chi connectivity index (χ2n) is 5.51. The van der Waals surface area contributed by atoms with Gasteiger partial charge in [-0.15, -0.1) is 0 Å². The summed E-state index contributed by atoms with van der Waals surface area (Å²) in [5.74, 6) is 0. The van der Waals surface area contributed by atoms with Gasteiger partial charge in [0, 0.05) is 0 Å². The molecule has 0 fully saturated rings. The van der Waals surface area contributed by atoms with Crippen molar-refractivity contribution in [3.63, 3.8) is 0 Å². The molecular weight excluding hydrogens is 244 g/mol. The molecular formula is C19H30O. The van der Waals surface area contributed by atoms with E-state index in [1.807, 2.05) is 12.3 Å². The van der Waals surface area contributed by atoms with Crippen LogP contribution in [0.1, 0.15) is 70.8 Å². The van der Waals surface area contributed by atoms with Gasteiger partial charge >= 0.3 is 0 Å². The predicted molar refractivity (Wildman–Crippen MR) is 88.7 cm³/mol. The van der Waals surface area contributed by atoms with E-state index in [-0.39, 0.29) is 0 Å². The second kappa shape index (κ2) is 11.6. The molecule has 1 rings (SSSR count). The average Bonchev–Trinajstić information content (AvgIpc) is 2.50. The van der Waals surface area contributed by atoms with Crippen molar-refractivity contribution in [2.75, 3.05) is 6.61 Å². The van der Waals surface area contributed by atoms with Crippen LogP contribution < -0.4 is 0 Å². The topological polar surface area (TPSA) is 9.23 Å². The Bertz CT molecular complexity index is 353. The van der Waals surface area contributed by atoms with Gasteiger partial charge in [-0.3, -0.25) is 0 Å². The monoisotopic (exact) mass is 274 g/mol. The molecule has 0 saturated heterocycles. The first-order chi connectivity index (χ1) is 9.84. The number of allylic oxidation sites excluding steroid dienone is 1. The molecule has 0 aromatic heterocycles. The third-order valence-corrected chi connectivity index (χ3v) is 3.60. The standard InChI is InChI=1S/C19H30O/c1-3-4-5-6-7-8-9-13-16-20-17-18(2)19-14-11-10-12-15-19/h10-12,14-15,17H,3-9,13,16H2,1-2H3/b18-17+. The third kappa shape index (κ3) is 8.04. The molecule has 112 valence electrons. The smallest absolute Gasteiger partial charge is 0.0873 e. The molecule has 0 aliphatic carbocycles. The number of ether oxygens (including phenoxy) is 1. The third-order valence-electron chi connectivity index (χ3n) is 3.60. The molecule has 0 aliphatic rings. The van der Waals surface area contributed by atoms with E-state index in [0.29, 0.717) is 0 Å². The van der Waals surface area contributed by atoms with Gasteiger partial charge in [-0.05, 0) is 24.5 Å². The molecule has 0 aliphatic heterocycles. The Morgan fingerprint density at radius 2 is 1.50 bits per heavy atom. The highest BCUT2D eigenvalue weighted by atomic mass is 16.5. The molecule has 1 heteroatoms. The molecule has 0 radical (unpaired) electrons. The van der Waals surface area contributed by atoms with Gasteiger partial charge in [0.25, 0.3) is 0 Å². The molecule has 20 heavy (non-hydrogen) atoms. The summed E-state index contributed by atoms with van der Waals surface area (Å²) >= 11 is 0. The Kier molecular flexibility index (Phi) is 9.73. The van der Waals surface area contributed by atoms with Gasteiger partial charge in [0.05, 0.1) is 12.9 Å². The first-order valence-corrected chi connectivity index (χ1v) is 8.18. The van der Waals surface area contributed by atoms with Crippen LogP contribution in [0.2, 0.25) is 0 Å². The molecule has 1 nitrogen and oxygen atoms in total. The van der Waals surface area contributed by atoms with Gasteiger partial charge in [-0.1, -0.05) is 82.2 Å². The van der Waals surface area contributed by atoms with Gasteiger partial charge in [0.15, 0.2) is 0 Å². The van der Waals surface area contributed by atoms with Gasteiger partial charge < -0.3 is 4.74 Å².